The van der Waals surface area contributed by atoms with Crippen molar-refractivity contribution in [3.05, 3.63) is 187 Å². The largest absolute Gasteiger partial charge is 0.310 e. The molecule has 242 valence electrons. The molecule has 10 rings (SSSR count). The van der Waals surface area contributed by atoms with Crippen molar-refractivity contribution in [3.63, 3.8) is 0 Å². The van der Waals surface area contributed by atoms with Crippen molar-refractivity contribution >= 4 is 59.3 Å². The van der Waals surface area contributed by atoms with Gasteiger partial charge in [0.05, 0.1) is 5.69 Å². The summed E-state index contributed by atoms with van der Waals surface area (Å²) < 4.78 is 2.61. The van der Waals surface area contributed by atoms with Gasteiger partial charge in [0.1, 0.15) is 0 Å². The van der Waals surface area contributed by atoms with Gasteiger partial charge in [-0.15, -0.1) is 11.3 Å². The molecule has 0 saturated carbocycles. The maximum absolute atomic E-state index is 2.49. The molecule has 1 aliphatic rings. The van der Waals surface area contributed by atoms with Gasteiger partial charge in [-0.1, -0.05) is 147 Å². The van der Waals surface area contributed by atoms with Gasteiger partial charge >= 0.3 is 0 Å². The van der Waals surface area contributed by atoms with E-state index in [1.54, 1.807) is 0 Å². The zero-order valence-corrected chi connectivity index (χ0v) is 29.4. The Morgan fingerprint density at radius 1 is 0.451 bits per heavy atom. The average molecular weight is 670 g/mol. The minimum Gasteiger partial charge on any atom is -0.310 e. The van der Waals surface area contributed by atoms with Gasteiger partial charge in [-0.05, 0) is 97.7 Å². The standard InChI is InChI=1S/C49H35NS/c1-49(2)43-20-12-11-19-40(43)41-26-25-38(31-44(41)49)50(37-23-21-33(22-24-37)32-13-5-3-6-14-32)45-28-27-39(34-15-7-4-8-16-34)48-47(45)42-29-35-17-9-10-18-36(35)30-46(42)51-48/h3-31H,1-2H3. The second kappa shape index (κ2) is 11.6. The quantitative estimate of drug-likeness (QED) is 0.176. The minimum absolute atomic E-state index is 0.106. The van der Waals surface area contributed by atoms with E-state index in [2.05, 4.69) is 195 Å². The molecule has 1 aromatic heterocycles. The number of anilines is 3. The molecule has 0 saturated heterocycles. The first-order chi connectivity index (χ1) is 25.0. The molecule has 0 bridgehead atoms. The van der Waals surface area contributed by atoms with Crippen LogP contribution in [0.3, 0.4) is 0 Å². The number of nitrogens with zero attached hydrogens (tertiary/aromatic N) is 1. The molecule has 2 heteroatoms. The second-order valence-electron chi connectivity index (χ2n) is 14.1. The van der Waals surface area contributed by atoms with Crippen LogP contribution >= 0.6 is 11.3 Å². The predicted molar refractivity (Wildman–Crippen MR) is 220 cm³/mol. The van der Waals surface area contributed by atoms with Crippen LogP contribution in [0.2, 0.25) is 0 Å². The molecule has 0 atom stereocenters. The highest BCUT2D eigenvalue weighted by Crippen LogP contribution is 2.53. The maximum Gasteiger partial charge on any atom is 0.0555 e. The van der Waals surface area contributed by atoms with Crippen molar-refractivity contribution < 1.29 is 0 Å². The van der Waals surface area contributed by atoms with E-state index in [-0.39, 0.29) is 5.41 Å². The number of hydrogen-bond donors (Lipinski definition) is 0. The fourth-order valence-corrected chi connectivity index (χ4v) is 9.56. The summed E-state index contributed by atoms with van der Waals surface area (Å²) in [5, 5.41) is 5.11. The first-order valence-electron chi connectivity index (χ1n) is 17.7. The lowest BCUT2D eigenvalue weighted by Crippen LogP contribution is -2.16. The molecule has 0 spiro atoms. The highest BCUT2D eigenvalue weighted by atomic mass is 32.1. The van der Waals surface area contributed by atoms with Crippen LogP contribution in [0.1, 0.15) is 25.0 Å². The Hall–Kier alpha value is -5.96. The van der Waals surface area contributed by atoms with Crippen LogP contribution in [0, 0.1) is 0 Å². The van der Waals surface area contributed by atoms with Gasteiger partial charge in [-0.2, -0.15) is 0 Å². The Morgan fingerprint density at radius 3 is 1.80 bits per heavy atom. The van der Waals surface area contributed by atoms with E-state index in [4.69, 9.17) is 0 Å². The van der Waals surface area contributed by atoms with E-state index < -0.39 is 0 Å². The summed E-state index contributed by atoms with van der Waals surface area (Å²) >= 11 is 1.90. The number of thiophene rings is 1. The zero-order chi connectivity index (χ0) is 34.1. The van der Waals surface area contributed by atoms with E-state index in [0.717, 1.165) is 11.4 Å². The maximum atomic E-state index is 2.49. The molecule has 1 aliphatic carbocycles. The fourth-order valence-electron chi connectivity index (χ4n) is 8.27. The smallest absolute Gasteiger partial charge is 0.0555 e. The van der Waals surface area contributed by atoms with E-state index in [0.29, 0.717) is 0 Å². The molecule has 8 aromatic carbocycles. The van der Waals surface area contributed by atoms with E-state index in [1.165, 1.54) is 81.1 Å². The Balaban J connectivity index is 1.26. The van der Waals surface area contributed by atoms with Crippen LogP contribution in [0.4, 0.5) is 17.1 Å². The third kappa shape index (κ3) is 4.75. The molecule has 9 aromatic rings. The van der Waals surface area contributed by atoms with Gasteiger partial charge in [-0.3, -0.25) is 0 Å². The first kappa shape index (κ1) is 29.9. The molecule has 51 heavy (non-hydrogen) atoms. The molecular formula is C49H35NS. The van der Waals surface area contributed by atoms with Crippen molar-refractivity contribution in [2.24, 2.45) is 0 Å². The summed E-state index contributed by atoms with van der Waals surface area (Å²) in [5.41, 5.74) is 13.7. The zero-order valence-electron chi connectivity index (χ0n) is 28.6. The van der Waals surface area contributed by atoms with E-state index in [1.807, 2.05) is 11.3 Å². The number of fused-ring (bicyclic) bond motifs is 7. The third-order valence-corrected chi connectivity index (χ3v) is 12.0. The fraction of sp³-hybridized carbons (Fsp3) is 0.0612. The summed E-state index contributed by atoms with van der Waals surface area (Å²) in [5.74, 6) is 0. The Kier molecular flexibility index (Phi) is 6.78. The topological polar surface area (TPSA) is 3.24 Å². The van der Waals surface area contributed by atoms with Gasteiger partial charge < -0.3 is 4.90 Å². The van der Waals surface area contributed by atoms with Crippen LogP contribution in [0.25, 0.3) is 64.3 Å². The van der Waals surface area contributed by atoms with Gasteiger partial charge in [0, 0.05) is 37.0 Å². The minimum atomic E-state index is -0.106. The first-order valence-corrected chi connectivity index (χ1v) is 18.5. The molecule has 0 unspecified atom stereocenters. The van der Waals surface area contributed by atoms with E-state index >= 15 is 0 Å². The van der Waals surface area contributed by atoms with Gasteiger partial charge in [-0.25, -0.2) is 0 Å². The third-order valence-electron chi connectivity index (χ3n) is 10.8. The highest BCUT2D eigenvalue weighted by Gasteiger charge is 2.36. The van der Waals surface area contributed by atoms with Gasteiger partial charge in [0.15, 0.2) is 0 Å². The lowest BCUT2D eigenvalue weighted by Gasteiger charge is -2.29. The summed E-state index contributed by atoms with van der Waals surface area (Å²) in [6.45, 7) is 4.73. The average Bonchev–Trinajstić information content (AvgIpc) is 3.66. The Morgan fingerprint density at radius 2 is 1.04 bits per heavy atom. The molecule has 0 aliphatic heterocycles. The Bertz CT molecular complexity index is 2760. The molecule has 1 nitrogen and oxygen atoms in total. The van der Waals surface area contributed by atoms with Gasteiger partial charge in [0.25, 0.3) is 0 Å². The highest BCUT2D eigenvalue weighted by molar-refractivity contribution is 7.26. The van der Waals surface area contributed by atoms with Crippen molar-refractivity contribution in [2.45, 2.75) is 19.3 Å². The Labute approximate surface area is 302 Å². The van der Waals surface area contributed by atoms with E-state index in [9.17, 15) is 0 Å². The van der Waals surface area contributed by atoms with Crippen molar-refractivity contribution in [1.29, 1.82) is 0 Å². The molecular weight excluding hydrogens is 635 g/mol. The number of hydrogen-bond acceptors (Lipinski definition) is 2. The lowest BCUT2D eigenvalue weighted by molar-refractivity contribution is 0.660. The summed E-state index contributed by atoms with van der Waals surface area (Å²) in [6.07, 6.45) is 0. The van der Waals surface area contributed by atoms with Crippen molar-refractivity contribution in [1.82, 2.24) is 0 Å². The van der Waals surface area contributed by atoms with Crippen LogP contribution in [0.5, 0.6) is 0 Å². The predicted octanol–water partition coefficient (Wildman–Crippen LogP) is 14.3. The SMILES string of the molecule is CC1(C)c2ccccc2-c2ccc(N(c3ccc(-c4ccccc4)cc3)c3ccc(-c4ccccc4)c4sc5cc6ccccc6cc5c34)cc21. The molecule has 0 fully saturated rings. The van der Waals surface area contributed by atoms with Crippen LogP contribution in [0.15, 0.2) is 176 Å². The lowest BCUT2D eigenvalue weighted by atomic mass is 9.82. The number of rotatable bonds is 5. The monoisotopic (exact) mass is 669 g/mol. The van der Waals surface area contributed by atoms with Crippen LogP contribution < -0.4 is 4.90 Å². The normalized spacial score (nSPS) is 13.1. The van der Waals surface area contributed by atoms with Crippen molar-refractivity contribution in [2.75, 3.05) is 4.90 Å². The summed E-state index contributed by atoms with van der Waals surface area (Å²) in [4.78, 5) is 2.49. The second-order valence-corrected chi connectivity index (χ2v) is 15.2. The summed E-state index contributed by atoms with van der Waals surface area (Å²) in [7, 11) is 0. The van der Waals surface area contributed by atoms with Crippen molar-refractivity contribution in [3.8, 4) is 33.4 Å². The molecule has 0 N–H and O–H groups in total. The van der Waals surface area contributed by atoms with Gasteiger partial charge in [0.2, 0.25) is 0 Å². The van der Waals surface area contributed by atoms with Crippen LogP contribution in [-0.4, -0.2) is 0 Å². The molecule has 0 amide bonds. The number of benzene rings is 8. The molecule has 0 radical (unpaired) electrons. The summed E-state index contributed by atoms with van der Waals surface area (Å²) in [6, 6.07) is 64.8. The molecule has 1 heterocycles. The van der Waals surface area contributed by atoms with Crippen LogP contribution in [-0.2, 0) is 5.41 Å².